The fourth-order valence-corrected chi connectivity index (χ4v) is 2.13. The van der Waals surface area contributed by atoms with Crippen molar-refractivity contribution in [2.24, 2.45) is 0 Å². The summed E-state index contributed by atoms with van der Waals surface area (Å²) < 4.78 is 6.92. The lowest BCUT2D eigenvalue weighted by molar-refractivity contribution is -0.137. The van der Waals surface area contributed by atoms with Crippen LogP contribution in [0.4, 0.5) is 0 Å². The van der Waals surface area contributed by atoms with Crippen LogP contribution in [0, 0.1) is 0 Å². The molecular weight excluding hydrogens is 254 g/mol. The van der Waals surface area contributed by atoms with Gasteiger partial charge in [0.2, 0.25) is 0 Å². The number of carboxylic acid groups (broad SMARTS) is 2. The molecule has 1 aliphatic heterocycles. The molecule has 1 saturated heterocycles. The number of hydrogen-bond acceptors (Lipinski definition) is 5. The average molecular weight is 269 g/mol. The van der Waals surface area contributed by atoms with Gasteiger partial charge in [-0.2, -0.15) is 0 Å². The Kier molecular flexibility index (Phi) is 4.10. The summed E-state index contributed by atoms with van der Waals surface area (Å²) in [5, 5.41) is 25.1. The number of aryl methyl sites for hydroxylation is 1. The van der Waals surface area contributed by atoms with Crippen LogP contribution < -0.4 is 0 Å². The van der Waals surface area contributed by atoms with Gasteiger partial charge in [0, 0.05) is 19.6 Å². The zero-order chi connectivity index (χ0) is 13.8. The molecule has 2 heterocycles. The van der Waals surface area contributed by atoms with Crippen LogP contribution in [0.15, 0.2) is 0 Å². The lowest BCUT2D eigenvalue weighted by Crippen LogP contribution is -2.13. The third-order valence-corrected chi connectivity index (χ3v) is 2.97. The zero-order valence-electron chi connectivity index (χ0n) is 10.3. The minimum atomic E-state index is -1.14. The Bertz CT molecular complexity index is 479. The van der Waals surface area contributed by atoms with Crippen molar-refractivity contribution >= 4 is 11.9 Å². The van der Waals surface area contributed by atoms with E-state index in [2.05, 4.69) is 10.3 Å². The number of aliphatic carboxylic acids is 1. The normalized spacial score (nSPS) is 18.6. The van der Waals surface area contributed by atoms with Gasteiger partial charge in [-0.25, -0.2) is 9.48 Å². The molecule has 8 nitrogen and oxygen atoms in total. The highest BCUT2D eigenvalue weighted by atomic mass is 16.5. The van der Waals surface area contributed by atoms with E-state index in [1.165, 1.54) is 4.68 Å². The fourth-order valence-electron chi connectivity index (χ4n) is 2.13. The highest BCUT2D eigenvalue weighted by molar-refractivity contribution is 5.86. The molecule has 1 unspecified atom stereocenters. The smallest absolute Gasteiger partial charge is 0.358 e. The third kappa shape index (κ3) is 3.08. The summed E-state index contributed by atoms with van der Waals surface area (Å²) in [4.78, 5) is 21.6. The molecule has 0 spiro atoms. The predicted octanol–water partition coefficient (Wildman–Crippen LogP) is 0.693. The van der Waals surface area contributed by atoms with Crippen molar-refractivity contribution < 1.29 is 24.5 Å². The highest BCUT2D eigenvalue weighted by Gasteiger charge is 2.29. The van der Waals surface area contributed by atoms with Crippen LogP contribution in [0.5, 0.6) is 0 Å². The third-order valence-electron chi connectivity index (χ3n) is 2.97. The van der Waals surface area contributed by atoms with Gasteiger partial charge in [-0.05, 0) is 19.3 Å². The van der Waals surface area contributed by atoms with Crippen molar-refractivity contribution in [2.45, 2.75) is 38.3 Å². The van der Waals surface area contributed by atoms with Gasteiger partial charge in [0.1, 0.15) is 11.8 Å². The predicted molar refractivity (Wildman–Crippen MR) is 61.8 cm³/mol. The maximum Gasteiger partial charge on any atom is 0.358 e. The van der Waals surface area contributed by atoms with Crippen molar-refractivity contribution in [1.82, 2.24) is 15.0 Å². The number of nitrogens with zero attached hydrogens (tertiary/aromatic N) is 3. The molecule has 1 aromatic heterocycles. The first kappa shape index (κ1) is 13.5. The molecule has 8 heteroatoms. The summed E-state index contributed by atoms with van der Waals surface area (Å²) in [6, 6.07) is 0. The molecule has 0 amide bonds. The van der Waals surface area contributed by atoms with E-state index in [1.807, 2.05) is 0 Å². The number of aromatic nitrogens is 3. The van der Waals surface area contributed by atoms with Gasteiger partial charge in [0.05, 0.1) is 0 Å². The van der Waals surface area contributed by atoms with E-state index in [9.17, 15) is 9.59 Å². The molecule has 2 N–H and O–H groups in total. The Hall–Kier alpha value is -1.96. The summed E-state index contributed by atoms with van der Waals surface area (Å²) >= 11 is 0. The van der Waals surface area contributed by atoms with Crippen LogP contribution in [0.2, 0.25) is 0 Å². The van der Waals surface area contributed by atoms with Gasteiger partial charge in [-0.15, -0.1) is 5.10 Å². The van der Waals surface area contributed by atoms with Gasteiger partial charge in [-0.1, -0.05) is 5.21 Å². The van der Waals surface area contributed by atoms with Gasteiger partial charge in [0.25, 0.3) is 0 Å². The van der Waals surface area contributed by atoms with Crippen molar-refractivity contribution in [3.05, 3.63) is 11.4 Å². The van der Waals surface area contributed by atoms with Gasteiger partial charge < -0.3 is 14.9 Å². The molecule has 104 valence electrons. The summed E-state index contributed by atoms with van der Waals surface area (Å²) in [6.45, 7) is 0.909. The molecule has 1 aromatic rings. The number of hydrogen-bond donors (Lipinski definition) is 2. The zero-order valence-corrected chi connectivity index (χ0v) is 10.3. The Morgan fingerprint density at radius 1 is 1.42 bits per heavy atom. The first-order valence-corrected chi connectivity index (χ1v) is 6.09. The van der Waals surface area contributed by atoms with Gasteiger partial charge >= 0.3 is 11.9 Å². The number of ether oxygens (including phenoxy) is 1. The van der Waals surface area contributed by atoms with Crippen LogP contribution in [-0.2, 0) is 16.1 Å². The quantitative estimate of drug-likeness (QED) is 0.780. The number of rotatable bonds is 6. The number of carboxylic acids is 2. The molecule has 1 atom stereocenters. The standard InChI is InChI=1S/C11H15N3O5/c15-8(16)4-1-5-14-10(7-3-2-6-19-7)9(11(17)18)12-13-14/h7H,1-6H2,(H,15,16)(H,17,18). The van der Waals surface area contributed by atoms with Crippen LogP contribution in [0.25, 0.3) is 0 Å². The lowest BCUT2D eigenvalue weighted by Gasteiger charge is -2.12. The summed E-state index contributed by atoms with van der Waals surface area (Å²) in [6.07, 6.45) is 1.66. The van der Waals surface area contributed by atoms with Crippen molar-refractivity contribution in [3.63, 3.8) is 0 Å². The maximum atomic E-state index is 11.1. The van der Waals surface area contributed by atoms with E-state index in [4.69, 9.17) is 14.9 Å². The van der Waals surface area contributed by atoms with Crippen LogP contribution in [-0.4, -0.2) is 43.8 Å². The van der Waals surface area contributed by atoms with E-state index in [1.54, 1.807) is 0 Å². The number of aromatic carboxylic acids is 1. The summed E-state index contributed by atoms with van der Waals surface area (Å²) in [5.74, 6) is -2.03. The Balaban J connectivity index is 2.17. The monoisotopic (exact) mass is 269 g/mol. The molecule has 0 aromatic carbocycles. The van der Waals surface area contributed by atoms with E-state index in [-0.39, 0.29) is 18.2 Å². The SMILES string of the molecule is O=C(O)CCCn1nnc(C(=O)O)c1C1CCCO1. The van der Waals surface area contributed by atoms with Crippen LogP contribution in [0.1, 0.15) is 48.0 Å². The van der Waals surface area contributed by atoms with Crippen LogP contribution >= 0.6 is 0 Å². The van der Waals surface area contributed by atoms with Crippen LogP contribution in [0.3, 0.4) is 0 Å². The molecule has 19 heavy (non-hydrogen) atoms. The first-order chi connectivity index (χ1) is 9.09. The maximum absolute atomic E-state index is 11.1. The molecule has 0 radical (unpaired) electrons. The van der Waals surface area contributed by atoms with Crippen molar-refractivity contribution in [3.8, 4) is 0 Å². The topological polar surface area (TPSA) is 115 Å². The average Bonchev–Trinajstić information content (AvgIpc) is 2.94. The Morgan fingerprint density at radius 2 is 2.21 bits per heavy atom. The fraction of sp³-hybridized carbons (Fsp3) is 0.636. The first-order valence-electron chi connectivity index (χ1n) is 6.09. The molecule has 0 bridgehead atoms. The minimum Gasteiger partial charge on any atom is -0.481 e. The second-order valence-electron chi connectivity index (χ2n) is 4.35. The lowest BCUT2D eigenvalue weighted by atomic mass is 10.1. The van der Waals surface area contributed by atoms with E-state index in [0.29, 0.717) is 25.3 Å². The van der Waals surface area contributed by atoms with E-state index in [0.717, 1.165) is 12.8 Å². The van der Waals surface area contributed by atoms with Crippen molar-refractivity contribution in [2.75, 3.05) is 6.61 Å². The summed E-state index contributed by atoms with van der Waals surface area (Å²) in [7, 11) is 0. The van der Waals surface area contributed by atoms with E-state index < -0.39 is 11.9 Å². The highest BCUT2D eigenvalue weighted by Crippen LogP contribution is 2.30. The molecule has 0 aliphatic carbocycles. The molecular formula is C11H15N3O5. The molecule has 0 saturated carbocycles. The second-order valence-corrected chi connectivity index (χ2v) is 4.35. The Labute approximate surface area is 109 Å². The van der Waals surface area contributed by atoms with Gasteiger partial charge in [0.15, 0.2) is 5.69 Å². The summed E-state index contributed by atoms with van der Waals surface area (Å²) in [5.41, 5.74) is 0.331. The molecule has 2 rings (SSSR count). The molecule has 1 aliphatic rings. The Morgan fingerprint density at radius 3 is 2.79 bits per heavy atom. The minimum absolute atomic E-state index is 0.00717. The number of carbonyl (C=O) groups is 2. The van der Waals surface area contributed by atoms with Crippen molar-refractivity contribution in [1.29, 1.82) is 0 Å². The van der Waals surface area contributed by atoms with Gasteiger partial charge in [-0.3, -0.25) is 4.79 Å². The molecule has 1 fully saturated rings. The van der Waals surface area contributed by atoms with E-state index >= 15 is 0 Å². The largest absolute Gasteiger partial charge is 0.481 e. The second kappa shape index (κ2) is 5.79.